The van der Waals surface area contributed by atoms with Crippen molar-refractivity contribution in [3.8, 4) is 0 Å². The zero-order valence-corrected chi connectivity index (χ0v) is 49.0. The van der Waals surface area contributed by atoms with Gasteiger partial charge < -0.3 is 14.2 Å². The molecule has 0 aliphatic carbocycles. The number of hydrogen-bond donors (Lipinski definition) is 0. The predicted molar refractivity (Wildman–Crippen MR) is 307 cm³/mol. The number of carbonyl (C=O) groups is 3. The van der Waals surface area contributed by atoms with Crippen LogP contribution in [0.25, 0.3) is 0 Å². The van der Waals surface area contributed by atoms with Crippen LogP contribution in [0, 0.1) is 17.8 Å². The molecule has 0 unspecified atom stereocenters. The third-order valence-electron chi connectivity index (χ3n) is 14.9. The third kappa shape index (κ3) is 59.2. The standard InChI is InChI=1S/C65H126O6/c1-59(2)51-45-39-33-27-21-17-13-9-7-8-10-15-19-23-30-36-42-48-54-63(66)69-57-62(71-65(68)56-50-44-38-32-26-25-29-35-41-47-53-61(5)6)58-70-64(67)55-49-43-37-31-24-20-16-12-11-14-18-22-28-34-40-46-52-60(3)4/h59-62H,7-58H2,1-6H3/t62-/m1/s1. The molecule has 422 valence electrons. The van der Waals surface area contributed by atoms with Crippen molar-refractivity contribution in [3.63, 3.8) is 0 Å². The van der Waals surface area contributed by atoms with Crippen LogP contribution in [0.4, 0.5) is 0 Å². The van der Waals surface area contributed by atoms with Gasteiger partial charge in [-0.3, -0.25) is 14.4 Å². The Morgan fingerprint density at radius 3 is 0.606 bits per heavy atom. The van der Waals surface area contributed by atoms with Crippen LogP contribution in [0.3, 0.4) is 0 Å². The van der Waals surface area contributed by atoms with Crippen LogP contribution in [0.2, 0.25) is 0 Å². The van der Waals surface area contributed by atoms with Crippen molar-refractivity contribution in [1.82, 2.24) is 0 Å². The molecule has 6 heteroatoms. The molecule has 0 aliphatic heterocycles. The maximum atomic E-state index is 12.9. The summed E-state index contributed by atoms with van der Waals surface area (Å²) in [6.07, 6.45) is 61.1. The van der Waals surface area contributed by atoms with Gasteiger partial charge >= 0.3 is 17.9 Å². The van der Waals surface area contributed by atoms with Crippen molar-refractivity contribution in [2.24, 2.45) is 17.8 Å². The number of unbranched alkanes of at least 4 members (excludes halogenated alkanes) is 41. The van der Waals surface area contributed by atoms with E-state index in [1.54, 1.807) is 0 Å². The summed E-state index contributed by atoms with van der Waals surface area (Å²) in [7, 11) is 0. The van der Waals surface area contributed by atoms with Crippen molar-refractivity contribution in [3.05, 3.63) is 0 Å². The van der Waals surface area contributed by atoms with E-state index in [9.17, 15) is 14.4 Å². The van der Waals surface area contributed by atoms with Gasteiger partial charge in [0.2, 0.25) is 0 Å². The van der Waals surface area contributed by atoms with Crippen LogP contribution in [0.1, 0.15) is 363 Å². The van der Waals surface area contributed by atoms with Crippen LogP contribution >= 0.6 is 0 Å². The molecule has 0 radical (unpaired) electrons. The summed E-state index contributed by atoms with van der Waals surface area (Å²) in [4.78, 5) is 38.3. The first-order valence-electron chi connectivity index (χ1n) is 32.1. The average Bonchev–Trinajstić information content (AvgIpc) is 3.33. The summed E-state index contributed by atoms with van der Waals surface area (Å²) < 4.78 is 17.0. The lowest BCUT2D eigenvalue weighted by atomic mass is 10.0. The van der Waals surface area contributed by atoms with Crippen LogP contribution in [-0.4, -0.2) is 37.2 Å². The SMILES string of the molecule is CC(C)CCCCCCCCCCCCCCCCCCCCC(=O)OC[C@H](COC(=O)CCCCCCCCCCCCCCCCCCC(C)C)OC(=O)CCCCCCCCCCCCC(C)C. The summed E-state index contributed by atoms with van der Waals surface area (Å²) >= 11 is 0. The first kappa shape index (κ1) is 69.4. The molecule has 0 bridgehead atoms. The summed E-state index contributed by atoms with van der Waals surface area (Å²) in [6, 6.07) is 0. The Morgan fingerprint density at radius 1 is 0.239 bits per heavy atom. The van der Waals surface area contributed by atoms with Crippen LogP contribution in [0.15, 0.2) is 0 Å². The third-order valence-corrected chi connectivity index (χ3v) is 14.9. The van der Waals surface area contributed by atoms with Crippen molar-refractivity contribution < 1.29 is 28.6 Å². The fourth-order valence-corrected chi connectivity index (χ4v) is 10.1. The van der Waals surface area contributed by atoms with E-state index >= 15 is 0 Å². The van der Waals surface area contributed by atoms with Crippen molar-refractivity contribution in [2.75, 3.05) is 13.2 Å². The second kappa shape index (κ2) is 56.1. The summed E-state index contributed by atoms with van der Waals surface area (Å²) in [6.45, 7) is 13.8. The van der Waals surface area contributed by atoms with Crippen molar-refractivity contribution in [1.29, 1.82) is 0 Å². The molecule has 0 aromatic heterocycles. The van der Waals surface area contributed by atoms with E-state index < -0.39 is 6.10 Å². The van der Waals surface area contributed by atoms with Gasteiger partial charge in [0.05, 0.1) is 0 Å². The first-order chi connectivity index (χ1) is 34.6. The van der Waals surface area contributed by atoms with Gasteiger partial charge in [0.15, 0.2) is 6.10 Å². The molecule has 0 rings (SSSR count). The monoisotopic (exact) mass is 1000 g/mol. The van der Waals surface area contributed by atoms with Gasteiger partial charge in [-0.05, 0) is 37.0 Å². The van der Waals surface area contributed by atoms with Gasteiger partial charge in [-0.1, -0.05) is 324 Å². The van der Waals surface area contributed by atoms with Gasteiger partial charge in [-0.2, -0.15) is 0 Å². The molecule has 0 saturated heterocycles. The second-order valence-electron chi connectivity index (χ2n) is 23.8. The zero-order chi connectivity index (χ0) is 51.9. The molecule has 1 atom stereocenters. The van der Waals surface area contributed by atoms with Gasteiger partial charge in [0.1, 0.15) is 13.2 Å². The predicted octanol–water partition coefficient (Wildman–Crippen LogP) is 21.5. The molecule has 0 saturated carbocycles. The molecule has 71 heavy (non-hydrogen) atoms. The summed E-state index contributed by atoms with van der Waals surface area (Å²) in [5, 5.41) is 0. The minimum Gasteiger partial charge on any atom is -0.462 e. The highest BCUT2D eigenvalue weighted by atomic mass is 16.6. The molecule has 0 amide bonds. The van der Waals surface area contributed by atoms with Crippen LogP contribution in [-0.2, 0) is 28.6 Å². The molecular formula is C65H126O6. The lowest BCUT2D eigenvalue weighted by Crippen LogP contribution is -2.30. The topological polar surface area (TPSA) is 78.9 Å². The van der Waals surface area contributed by atoms with E-state index in [1.165, 1.54) is 244 Å². The Labute approximate surface area is 444 Å². The molecule has 6 nitrogen and oxygen atoms in total. The average molecular weight is 1000 g/mol. The van der Waals surface area contributed by atoms with Gasteiger partial charge in [0.25, 0.3) is 0 Å². The van der Waals surface area contributed by atoms with E-state index in [1.807, 2.05) is 0 Å². The van der Waals surface area contributed by atoms with Crippen LogP contribution in [0.5, 0.6) is 0 Å². The maximum Gasteiger partial charge on any atom is 0.306 e. The smallest absolute Gasteiger partial charge is 0.306 e. The zero-order valence-electron chi connectivity index (χ0n) is 49.0. The number of rotatable bonds is 58. The van der Waals surface area contributed by atoms with Crippen LogP contribution < -0.4 is 0 Å². The fourth-order valence-electron chi connectivity index (χ4n) is 10.1. The quantitative estimate of drug-likeness (QED) is 0.0343. The molecule has 0 aliphatic rings. The van der Waals surface area contributed by atoms with E-state index in [0.717, 1.165) is 75.5 Å². The number of esters is 3. The number of carbonyl (C=O) groups excluding carboxylic acids is 3. The van der Waals surface area contributed by atoms with E-state index in [0.29, 0.717) is 19.3 Å². The first-order valence-corrected chi connectivity index (χ1v) is 32.1. The molecule has 0 N–H and O–H groups in total. The summed E-state index contributed by atoms with van der Waals surface area (Å²) in [5.74, 6) is 1.69. The number of hydrogen-bond acceptors (Lipinski definition) is 6. The lowest BCUT2D eigenvalue weighted by molar-refractivity contribution is -0.167. The number of ether oxygens (including phenoxy) is 3. The lowest BCUT2D eigenvalue weighted by Gasteiger charge is -2.18. The fraction of sp³-hybridized carbons (Fsp3) is 0.954. The second-order valence-corrected chi connectivity index (χ2v) is 23.8. The maximum absolute atomic E-state index is 12.9. The molecular weight excluding hydrogens is 877 g/mol. The van der Waals surface area contributed by atoms with Crippen molar-refractivity contribution in [2.45, 2.75) is 369 Å². The van der Waals surface area contributed by atoms with E-state index in [4.69, 9.17) is 14.2 Å². The van der Waals surface area contributed by atoms with E-state index in [-0.39, 0.29) is 31.1 Å². The highest BCUT2D eigenvalue weighted by molar-refractivity contribution is 5.71. The normalized spacial score (nSPS) is 12.1. The minimum absolute atomic E-state index is 0.0628. The van der Waals surface area contributed by atoms with Gasteiger partial charge in [-0.15, -0.1) is 0 Å². The molecule has 0 heterocycles. The molecule has 0 fully saturated rings. The van der Waals surface area contributed by atoms with Gasteiger partial charge in [-0.25, -0.2) is 0 Å². The highest BCUT2D eigenvalue weighted by Crippen LogP contribution is 2.19. The Kier molecular flexibility index (Phi) is 54.9. The highest BCUT2D eigenvalue weighted by Gasteiger charge is 2.19. The minimum atomic E-state index is -0.764. The summed E-state index contributed by atoms with van der Waals surface area (Å²) in [5.41, 5.74) is 0. The van der Waals surface area contributed by atoms with Gasteiger partial charge in [0, 0.05) is 19.3 Å². The Hall–Kier alpha value is -1.59. The molecule has 0 aromatic carbocycles. The largest absolute Gasteiger partial charge is 0.462 e. The Morgan fingerprint density at radius 2 is 0.408 bits per heavy atom. The Balaban J connectivity index is 4.23. The molecule has 0 aromatic rings. The van der Waals surface area contributed by atoms with Crippen molar-refractivity contribution >= 4 is 17.9 Å². The molecule has 0 spiro atoms. The Bertz CT molecular complexity index is 1100. The van der Waals surface area contributed by atoms with E-state index in [2.05, 4.69) is 41.5 Å².